The van der Waals surface area contributed by atoms with E-state index in [-0.39, 0.29) is 17.7 Å². The van der Waals surface area contributed by atoms with E-state index in [1.54, 1.807) is 25.2 Å². The molecule has 1 unspecified atom stereocenters. The average Bonchev–Trinajstić information content (AvgIpc) is 2.39. The van der Waals surface area contributed by atoms with Crippen molar-refractivity contribution < 1.29 is 14.3 Å². The summed E-state index contributed by atoms with van der Waals surface area (Å²) < 4.78 is 5.15. The van der Waals surface area contributed by atoms with E-state index in [2.05, 4.69) is 10.6 Å². The Morgan fingerprint density at radius 1 is 1.37 bits per heavy atom. The summed E-state index contributed by atoms with van der Waals surface area (Å²) in [5, 5.41) is 5.63. The molecule has 1 amide bonds. The summed E-state index contributed by atoms with van der Waals surface area (Å²) in [6.07, 6.45) is 0.705. The van der Waals surface area contributed by atoms with E-state index < -0.39 is 0 Å². The fraction of sp³-hybridized carbons (Fsp3) is 0.429. The summed E-state index contributed by atoms with van der Waals surface area (Å²) >= 11 is 0. The van der Waals surface area contributed by atoms with E-state index in [0.29, 0.717) is 23.4 Å². The molecule has 19 heavy (non-hydrogen) atoms. The molecule has 1 aromatic rings. The molecule has 0 aliphatic heterocycles. The fourth-order valence-corrected chi connectivity index (χ4v) is 1.87. The number of carbonyl (C=O) groups is 2. The lowest BCUT2D eigenvalue weighted by Gasteiger charge is -2.15. The first-order valence-electron chi connectivity index (χ1n) is 6.20. The van der Waals surface area contributed by atoms with E-state index in [1.807, 2.05) is 6.92 Å². The van der Waals surface area contributed by atoms with Crippen molar-refractivity contribution in [3.8, 4) is 5.75 Å². The van der Waals surface area contributed by atoms with Gasteiger partial charge in [-0.15, -0.1) is 0 Å². The van der Waals surface area contributed by atoms with Crippen LogP contribution in [0, 0.1) is 0 Å². The van der Waals surface area contributed by atoms with Gasteiger partial charge >= 0.3 is 0 Å². The minimum absolute atomic E-state index is 0.000690. The number of rotatable bonds is 6. The van der Waals surface area contributed by atoms with Crippen LogP contribution in [0.15, 0.2) is 18.2 Å². The predicted octanol–water partition coefficient (Wildman–Crippen LogP) is 1.83. The summed E-state index contributed by atoms with van der Waals surface area (Å²) in [4.78, 5) is 23.4. The van der Waals surface area contributed by atoms with Crippen molar-refractivity contribution in [1.82, 2.24) is 5.32 Å². The first-order chi connectivity index (χ1) is 9.03. The first-order valence-corrected chi connectivity index (χ1v) is 6.20. The number of hydrogen-bond donors (Lipinski definition) is 2. The highest BCUT2D eigenvalue weighted by molar-refractivity contribution is 6.02. The highest BCUT2D eigenvalue weighted by atomic mass is 16.5. The van der Waals surface area contributed by atoms with Crippen molar-refractivity contribution >= 4 is 17.4 Å². The van der Waals surface area contributed by atoms with Crippen molar-refractivity contribution in [2.75, 3.05) is 19.5 Å². The number of hydrogen-bond acceptors (Lipinski definition) is 4. The van der Waals surface area contributed by atoms with Crippen LogP contribution in [-0.4, -0.2) is 31.9 Å². The van der Waals surface area contributed by atoms with Gasteiger partial charge in [0.1, 0.15) is 5.75 Å². The summed E-state index contributed by atoms with van der Waals surface area (Å²) in [6.45, 7) is 3.35. The predicted molar refractivity (Wildman–Crippen MR) is 74.8 cm³/mol. The molecule has 0 saturated heterocycles. The number of nitrogens with one attached hydrogen (secondary N) is 2. The van der Waals surface area contributed by atoms with Crippen LogP contribution in [0.2, 0.25) is 0 Å². The quantitative estimate of drug-likeness (QED) is 0.769. The van der Waals surface area contributed by atoms with Gasteiger partial charge in [-0.1, -0.05) is 6.92 Å². The lowest BCUT2D eigenvalue weighted by molar-refractivity contribution is -0.114. The maximum absolute atomic E-state index is 12.2. The zero-order valence-corrected chi connectivity index (χ0v) is 11.7. The molecular weight excluding hydrogens is 244 g/mol. The standard InChI is InChI=1S/C14H20N2O3/c1-5-11(15-3)14(18)10-6-7-13(19-4)12(8-10)16-9(2)17/h6-8,11,15H,5H2,1-4H3,(H,16,17). The Bertz CT molecular complexity index is 468. The molecule has 0 aliphatic rings. The number of benzene rings is 1. The second-order valence-corrected chi connectivity index (χ2v) is 4.21. The molecule has 5 nitrogen and oxygen atoms in total. The number of ether oxygens (including phenoxy) is 1. The third-order valence-corrected chi connectivity index (χ3v) is 2.87. The second-order valence-electron chi connectivity index (χ2n) is 4.21. The average molecular weight is 264 g/mol. The Morgan fingerprint density at radius 3 is 2.53 bits per heavy atom. The maximum Gasteiger partial charge on any atom is 0.221 e. The summed E-state index contributed by atoms with van der Waals surface area (Å²) in [6, 6.07) is 4.80. The molecule has 0 spiro atoms. The highest BCUT2D eigenvalue weighted by Crippen LogP contribution is 2.26. The molecule has 0 saturated carbocycles. The summed E-state index contributed by atoms with van der Waals surface area (Å²) in [7, 11) is 3.27. The van der Waals surface area contributed by atoms with Crippen LogP contribution in [0.3, 0.4) is 0 Å². The van der Waals surface area contributed by atoms with Crippen LogP contribution < -0.4 is 15.4 Å². The normalized spacial score (nSPS) is 11.8. The Labute approximate surface area is 113 Å². The van der Waals surface area contributed by atoms with E-state index >= 15 is 0 Å². The molecule has 1 aromatic carbocycles. The zero-order chi connectivity index (χ0) is 14.4. The van der Waals surface area contributed by atoms with Gasteiger partial charge < -0.3 is 15.4 Å². The second kappa shape index (κ2) is 6.89. The molecule has 0 aromatic heterocycles. The van der Waals surface area contributed by atoms with Crippen molar-refractivity contribution in [1.29, 1.82) is 0 Å². The minimum atomic E-state index is -0.224. The zero-order valence-electron chi connectivity index (χ0n) is 11.7. The maximum atomic E-state index is 12.2. The van der Waals surface area contributed by atoms with Gasteiger partial charge in [-0.3, -0.25) is 9.59 Å². The Kier molecular flexibility index (Phi) is 5.51. The van der Waals surface area contributed by atoms with Crippen LogP contribution in [0.5, 0.6) is 5.75 Å². The van der Waals surface area contributed by atoms with Gasteiger partial charge in [0.05, 0.1) is 18.8 Å². The fourth-order valence-electron chi connectivity index (χ4n) is 1.87. The minimum Gasteiger partial charge on any atom is -0.495 e. The first kappa shape index (κ1) is 15.2. The van der Waals surface area contributed by atoms with Crippen LogP contribution >= 0.6 is 0 Å². The monoisotopic (exact) mass is 264 g/mol. The molecule has 2 N–H and O–H groups in total. The lowest BCUT2D eigenvalue weighted by Crippen LogP contribution is -2.33. The number of amides is 1. The lowest BCUT2D eigenvalue weighted by atomic mass is 10.0. The number of ketones is 1. The van der Waals surface area contributed by atoms with Gasteiger partial charge in [0, 0.05) is 12.5 Å². The molecule has 0 radical (unpaired) electrons. The van der Waals surface area contributed by atoms with Crippen molar-refractivity contribution in [3.63, 3.8) is 0 Å². The Balaban J connectivity index is 3.10. The molecule has 0 aliphatic carbocycles. The summed E-state index contributed by atoms with van der Waals surface area (Å²) in [5.74, 6) is 0.326. The SMILES string of the molecule is CCC(NC)C(=O)c1ccc(OC)c(NC(C)=O)c1. The molecule has 0 bridgehead atoms. The Hall–Kier alpha value is -1.88. The van der Waals surface area contributed by atoms with Crippen LogP contribution in [0.1, 0.15) is 30.6 Å². The number of Topliss-reactive ketones (excluding diaryl/α,β-unsaturated/α-hetero) is 1. The molecule has 1 atom stereocenters. The van der Waals surface area contributed by atoms with Gasteiger partial charge in [0.15, 0.2) is 5.78 Å². The van der Waals surface area contributed by atoms with Gasteiger partial charge in [0.25, 0.3) is 0 Å². The Morgan fingerprint density at radius 2 is 2.05 bits per heavy atom. The number of likely N-dealkylation sites (N-methyl/N-ethyl adjacent to an activating group) is 1. The third kappa shape index (κ3) is 3.79. The van der Waals surface area contributed by atoms with Gasteiger partial charge in [-0.25, -0.2) is 0 Å². The van der Waals surface area contributed by atoms with Crippen LogP contribution in [-0.2, 0) is 4.79 Å². The van der Waals surface area contributed by atoms with E-state index in [4.69, 9.17) is 4.74 Å². The summed E-state index contributed by atoms with van der Waals surface area (Å²) in [5.41, 5.74) is 1.05. The number of methoxy groups -OCH3 is 1. The van der Waals surface area contributed by atoms with Crippen molar-refractivity contribution in [2.24, 2.45) is 0 Å². The molecule has 104 valence electrons. The van der Waals surface area contributed by atoms with Crippen molar-refractivity contribution in [2.45, 2.75) is 26.3 Å². The van der Waals surface area contributed by atoms with E-state index in [0.717, 1.165) is 0 Å². The van der Waals surface area contributed by atoms with E-state index in [1.165, 1.54) is 14.0 Å². The van der Waals surface area contributed by atoms with Gasteiger partial charge in [0.2, 0.25) is 5.91 Å². The molecule has 5 heteroatoms. The molecule has 0 fully saturated rings. The third-order valence-electron chi connectivity index (χ3n) is 2.87. The smallest absolute Gasteiger partial charge is 0.221 e. The van der Waals surface area contributed by atoms with Crippen molar-refractivity contribution in [3.05, 3.63) is 23.8 Å². The van der Waals surface area contributed by atoms with Gasteiger partial charge in [-0.2, -0.15) is 0 Å². The van der Waals surface area contributed by atoms with Crippen LogP contribution in [0.4, 0.5) is 5.69 Å². The number of anilines is 1. The topological polar surface area (TPSA) is 67.4 Å². The van der Waals surface area contributed by atoms with Gasteiger partial charge in [-0.05, 0) is 31.7 Å². The molecular formula is C14H20N2O3. The van der Waals surface area contributed by atoms with Crippen LogP contribution in [0.25, 0.3) is 0 Å². The number of carbonyl (C=O) groups excluding carboxylic acids is 2. The largest absolute Gasteiger partial charge is 0.495 e. The highest BCUT2D eigenvalue weighted by Gasteiger charge is 2.18. The van der Waals surface area contributed by atoms with E-state index in [9.17, 15) is 9.59 Å². The molecule has 0 heterocycles. The molecule has 1 rings (SSSR count).